The summed E-state index contributed by atoms with van der Waals surface area (Å²) in [4.78, 5) is 0. The molecule has 39 heavy (non-hydrogen) atoms. The van der Waals surface area contributed by atoms with Crippen molar-refractivity contribution in [2.45, 2.75) is 0 Å². The van der Waals surface area contributed by atoms with Crippen molar-refractivity contribution >= 4 is 89.4 Å². The molecule has 0 aliphatic heterocycles. The summed E-state index contributed by atoms with van der Waals surface area (Å²) in [6.45, 7) is 0. The van der Waals surface area contributed by atoms with Gasteiger partial charge in [-0.15, -0.1) is 0 Å². The van der Waals surface area contributed by atoms with Gasteiger partial charge in [0, 0.05) is 0 Å². The molecule has 0 spiro atoms. The second-order valence-corrected chi connectivity index (χ2v) is 14.5. The van der Waals surface area contributed by atoms with E-state index in [1.807, 2.05) is 0 Å². The van der Waals surface area contributed by atoms with Crippen LogP contribution in [0.3, 0.4) is 0 Å². The Balaban J connectivity index is 1.43. The Bertz CT molecular complexity index is 2390. The quantitative estimate of drug-likeness (QED) is 0.169. The average molecular weight is 625 g/mol. The van der Waals surface area contributed by atoms with E-state index in [1.165, 1.54) is 77.2 Å². The number of aromatic nitrogens is 1. The monoisotopic (exact) mass is 627 g/mol. The molecule has 0 radical (unpaired) electrons. The SMILES string of the molecule is c1ccc(-n2c3ccccc3c3ccc4[se]c5c(-c6cccc7c6[se]c6ccccc67)cccc5c4c32)cc1. The Labute approximate surface area is 237 Å². The first-order chi connectivity index (χ1) is 19.4. The maximum absolute atomic E-state index is 2.49. The van der Waals surface area contributed by atoms with Crippen LogP contribution in [-0.2, 0) is 0 Å². The van der Waals surface area contributed by atoms with Crippen molar-refractivity contribution in [3.8, 4) is 16.8 Å². The van der Waals surface area contributed by atoms with E-state index in [0.29, 0.717) is 14.5 Å². The van der Waals surface area contributed by atoms with E-state index in [-0.39, 0.29) is 14.5 Å². The van der Waals surface area contributed by atoms with Gasteiger partial charge in [-0.1, -0.05) is 0 Å². The van der Waals surface area contributed by atoms with Crippen molar-refractivity contribution in [2.24, 2.45) is 0 Å². The fraction of sp³-hybridized carbons (Fsp3) is 0. The standard InChI is InChI=1S/C36H21NSe2/c1-2-10-22(11-3-1)37-30-18-6-4-12-23(30)25-20-21-32-33(34(25)37)29-17-9-16-28(36(29)39-32)27-15-8-14-26-24-13-5-7-19-31(24)38-35(26)27/h1-21H. The molecule has 3 heterocycles. The van der Waals surface area contributed by atoms with Gasteiger partial charge in [0.2, 0.25) is 0 Å². The minimum absolute atomic E-state index is 0.245. The van der Waals surface area contributed by atoms with Crippen molar-refractivity contribution in [3.05, 3.63) is 127 Å². The van der Waals surface area contributed by atoms with Crippen molar-refractivity contribution in [1.29, 1.82) is 0 Å². The molecule has 0 aliphatic rings. The molecule has 9 aromatic rings. The van der Waals surface area contributed by atoms with Crippen LogP contribution in [-0.4, -0.2) is 33.6 Å². The van der Waals surface area contributed by atoms with Gasteiger partial charge in [0.05, 0.1) is 0 Å². The van der Waals surface area contributed by atoms with Gasteiger partial charge in [0.25, 0.3) is 0 Å². The van der Waals surface area contributed by atoms with Crippen LogP contribution in [0.1, 0.15) is 0 Å². The van der Waals surface area contributed by atoms with Crippen LogP contribution >= 0.6 is 0 Å². The van der Waals surface area contributed by atoms with E-state index in [1.54, 1.807) is 0 Å². The second kappa shape index (κ2) is 8.33. The molecular formula is C36H21NSe2. The van der Waals surface area contributed by atoms with E-state index < -0.39 is 0 Å². The predicted octanol–water partition coefficient (Wildman–Crippen LogP) is 9.18. The molecule has 0 amide bonds. The van der Waals surface area contributed by atoms with E-state index in [4.69, 9.17) is 0 Å². The second-order valence-electron chi connectivity index (χ2n) is 10.1. The third-order valence-corrected chi connectivity index (χ3v) is 13.1. The topological polar surface area (TPSA) is 4.93 Å². The Morgan fingerprint density at radius 2 is 1.05 bits per heavy atom. The molecule has 3 aromatic heterocycles. The normalized spacial score (nSPS) is 12.1. The maximum atomic E-state index is 2.49. The van der Waals surface area contributed by atoms with Gasteiger partial charge >= 0.3 is 238 Å². The van der Waals surface area contributed by atoms with Crippen molar-refractivity contribution in [2.75, 3.05) is 0 Å². The summed E-state index contributed by atoms with van der Waals surface area (Å²) >= 11 is 0.575. The Morgan fingerprint density at radius 1 is 0.410 bits per heavy atom. The van der Waals surface area contributed by atoms with E-state index in [9.17, 15) is 0 Å². The molecule has 1 nitrogen and oxygen atoms in total. The van der Waals surface area contributed by atoms with E-state index >= 15 is 0 Å². The zero-order valence-electron chi connectivity index (χ0n) is 20.9. The van der Waals surface area contributed by atoms with Crippen molar-refractivity contribution < 1.29 is 0 Å². The molecule has 0 N–H and O–H groups in total. The molecule has 9 rings (SSSR count). The summed E-state index contributed by atoms with van der Waals surface area (Å²) < 4.78 is 8.54. The summed E-state index contributed by atoms with van der Waals surface area (Å²) in [7, 11) is 0. The summed E-state index contributed by atoms with van der Waals surface area (Å²) in [5, 5.41) is 8.33. The summed E-state index contributed by atoms with van der Waals surface area (Å²) in [6, 6.07) is 47.4. The van der Waals surface area contributed by atoms with Gasteiger partial charge in [-0.25, -0.2) is 0 Å². The first kappa shape index (κ1) is 22.0. The van der Waals surface area contributed by atoms with Crippen LogP contribution in [0.15, 0.2) is 127 Å². The molecule has 0 fully saturated rings. The average Bonchev–Trinajstić information content (AvgIpc) is 3.67. The first-order valence-corrected chi connectivity index (χ1v) is 16.6. The number of benzene rings is 6. The Kier molecular flexibility index (Phi) is 4.70. The fourth-order valence-electron chi connectivity index (χ4n) is 6.35. The molecule has 3 heteroatoms. The summed E-state index contributed by atoms with van der Waals surface area (Å²) in [6.07, 6.45) is 0. The molecule has 0 saturated heterocycles. The first-order valence-electron chi connectivity index (χ1n) is 13.2. The number of rotatable bonds is 2. The Hall–Kier alpha value is -3.84. The van der Waals surface area contributed by atoms with Crippen LogP contribution in [0.5, 0.6) is 0 Å². The zero-order chi connectivity index (χ0) is 25.5. The van der Waals surface area contributed by atoms with Crippen molar-refractivity contribution in [3.63, 3.8) is 0 Å². The van der Waals surface area contributed by atoms with Crippen LogP contribution in [0.4, 0.5) is 0 Å². The number of hydrogen-bond acceptors (Lipinski definition) is 0. The molecule has 0 unspecified atom stereocenters. The zero-order valence-corrected chi connectivity index (χ0v) is 24.3. The fourth-order valence-corrected chi connectivity index (χ4v) is 11.5. The van der Waals surface area contributed by atoms with Gasteiger partial charge in [-0.2, -0.15) is 0 Å². The summed E-state index contributed by atoms with van der Waals surface area (Å²) in [5.41, 5.74) is 6.68. The number of para-hydroxylation sites is 2. The number of nitrogens with zero attached hydrogens (tertiary/aromatic N) is 1. The molecule has 6 aromatic carbocycles. The number of hydrogen-bond donors (Lipinski definition) is 0. The number of fused-ring (bicyclic) bond motifs is 10. The van der Waals surface area contributed by atoms with E-state index in [0.717, 1.165) is 0 Å². The van der Waals surface area contributed by atoms with Gasteiger partial charge < -0.3 is 0 Å². The van der Waals surface area contributed by atoms with Crippen LogP contribution in [0, 0.1) is 0 Å². The molecule has 182 valence electrons. The van der Waals surface area contributed by atoms with Crippen LogP contribution < -0.4 is 0 Å². The molecule has 0 aliphatic carbocycles. The molecular weight excluding hydrogens is 604 g/mol. The van der Waals surface area contributed by atoms with Gasteiger partial charge in [-0.3, -0.25) is 0 Å². The molecule has 0 bridgehead atoms. The van der Waals surface area contributed by atoms with E-state index in [2.05, 4.69) is 132 Å². The summed E-state index contributed by atoms with van der Waals surface area (Å²) in [5.74, 6) is 0. The molecule has 0 atom stereocenters. The van der Waals surface area contributed by atoms with Crippen LogP contribution in [0.2, 0.25) is 0 Å². The van der Waals surface area contributed by atoms with Crippen molar-refractivity contribution in [1.82, 2.24) is 4.57 Å². The molecule has 0 saturated carbocycles. The third-order valence-electron chi connectivity index (χ3n) is 8.00. The van der Waals surface area contributed by atoms with Gasteiger partial charge in [0.1, 0.15) is 0 Å². The Morgan fingerprint density at radius 3 is 1.90 bits per heavy atom. The minimum atomic E-state index is 0.245. The van der Waals surface area contributed by atoms with Crippen LogP contribution in [0.25, 0.3) is 77.2 Å². The third kappa shape index (κ3) is 3.08. The van der Waals surface area contributed by atoms with Gasteiger partial charge in [0.15, 0.2) is 0 Å². The predicted molar refractivity (Wildman–Crippen MR) is 170 cm³/mol. The van der Waals surface area contributed by atoms with Gasteiger partial charge in [-0.05, 0) is 0 Å².